The third-order valence-electron chi connectivity index (χ3n) is 2.59. The molecule has 8 heteroatoms. The molecule has 2 rings (SSSR count). The van der Waals surface area contributed by atoms with Crippen LogP contribution in [0.15, 0.2) is 20.3 Å². The van der Waals surface area contributed by atoms with Crippen molar-refractivity contribution in [3.63, 3.8) is 0 Å². The standard InChI is InChI=1S/C10H10BrClN4O2/c1-5-8(12)7(15(2)14-5)4-16-9(17)6(11)3-13-10(16)18/h3H,4H2,1-2H3,(H,13,18). The van der Waals surface area contributed by atoms with Crippen molar-refractivity contribution in [1.29, 1.82) is 0 Å². The summed E-state index contributed by atoms with van der Waals surface area (Å²) < 4.78 is 2.91. The lowest BCUT2D eigenvalue weighted by atomic mass is 10.3. The lowest BCUT2D eigenvalue weighted by Crippen LogP contribution is -2.35. The van der Waals surface area contributed by atoms with Gasteiger partial charge in [0.2, 0.25) is 0 Å². The topological polar surface area (TPSA) is 72.7 Å². The van der Waals surface area contributed by atoms with E-state index in [4.69, 9.17) is 11.6 Å². The molecule has 0 fully saturated rings. The molecule has 2 aromatic heterocycles. The third kappa shape index (κ3) is 2.15. The zero-order valence-corrected chi connectivity index (χ0v) is 12.0. The molecule has 0 saturated heterocycles. The number of H-pyrrole nitrogens is 1. The quantitative estimate of drug-likeness (QED) is 0.892. The van der Waals surface area contributed by atoms with E-state index in [2.05, 4.69) is 26.0 Å². The lowest BCUT2D eigenvalue weighted by molar-refractivity contribution is 0.625. The minimum atomic E-state index is -0.488. The molecule has 0 aliphatic heterocycles. The first-order valence-electron chi connectivity index (χ1n) is 5.07. The van der Waals surface area contributed by atoms with Gasteiger partial charge in [0.15, 0.2) is 0 Å². The van der Waals surface area contributed by atoms with Crippen LogP contribution < -0.4 is 11.2 Å². The van der Waals surface area contributed by atoms with E-state index < -0.39 is 11.2 Å². The smallest absolute Gasteiger partial charge is 0.313 e. The average Bonchev–Trinajstić information content (AvgIpc) is 2.55. The highest BCUT2D eigenvalue weighted by Gasteiger charge is 2.14. The van der Waals surface area contributed by atoms with Crippen LogP contribution in [0.4, 0.5) is 0 Å². The molecular formula is C10H10BrClN4O2. The lowest BCUT2D eigenvalue weighted by Gasteiger charge is -2.05. The van der Waals surface area contributed by atoms with Gasteiger partial charge in [0, 0.05) is 13.2 Å². The molecule has 0 unspecified atom stereocenters. The largest absolute Gasteiger partial charge is 0.328 e. The van der Waals surface area contributed by atoms with E-state index in [-0.39, 0.29) is 11.0 Å². The van der Waals surface area contributed by atoms with Crippen LogP contribution in [0, 0.1) is 6.92 Å². The molecule has 0 aromatic carbocycles. The van der Waals surface area contributed by atoms with E-state index in [1.807, 2.05) is 0 Å². The maximum atomic E-state index is 11.8. The van der Waals surface area contributed by atoms with Crippen molar-refractivity contribution in [2.45, 2.75) is 13.5 Å². The molecule has 0 spiro atoms. The van der Waals surface area contributed by atoms with Gasteiger partial charge in [0.1, 0.15) is 0 Å². The van der Waals surface area contributed by atoms with Gasteiger partial charge in [-0.3, -0.25) is 14.0 Å². The molecule has 18 heavy (non-hydrogen) atoms. The highest BCUT2D eigenvalue weighted by molar-refractivity contribution is 9.10. The highest BCUT2D eigenvalue weighted by atomic mass is 79.9. The van der Waals surface area contributed by atoms with E-state index in [1.54, 1.807) is 18.7 Å². The van der Waals surface area contributed by atoms with E-state index in [1.165, 1.54) is 6.20 Å². The maximum absolute atomic E-state index is 11.8. The molecule has 0 aliphatic carbocycles. The molecule has 0 radical (unpaired) electrons. The van der Waals surface area contributed by atoms with Crippen molar-refractivity contribution >= 4 is 27.5 Å². The summed E-state index contributed by atoms with van der Waals surface area (Å²) in [6.07, 6.45) is 1.32. The van der Waals surface area contributed by atoms with Crippen LogP contribution >= 0.6 is 27.5 Å². The molecule has 0 aliphatic rings. The second-order valence-electron chi connectivity index (χ2n) is 3.80. The van der Waals surface area contributed by atoms with Crippen LogP contribution in [-0.2, 0) is 13.6 Å². The van der Waals surface area contributed by atoms with Crippen LogP contribution in [0.3, 0.4) is 0 Å². The van der Waals surface area contributed by atoms with Crippen molar-refractivity contribution in [1.82, 2.24) is 19.3 Å². The highest BCUT2D eigenvalue weighted by Crippen LogP contribution is 2.19. The third-order valence-corrected chi connectivity index (χ3v) is 3.65. The van der Waals surface area contributed by atoms with Gasteiger partial charge in [-0.1, -0.05) is 11.6 Å². The second kappa shape index (κ2) is 4.74. The summed E-state index contributed by atoms with van der Waals surface area (Å²) in [4.78, 5) is 25.9. The molecule has 2 heterocycles. The number of halogens is 2. The molecule has 6 nitrogen and oxygen atoms in total. The van der Waals surface area contributed by atoms with E-state index >= 15 is 0 Å². The molecule has 96 valence electrons. The summed E-state index contributed by atoms with van der Waals surface area (Å²) in [6.45, 7) is 1.84. The van der Waals surface area contributed by atoms with Crippen molar-refractivity contribution < 1.29 is 0 Å². The number of rotatable bonds is 2. The number of nitrogens with zero attached hydrogens (tertiary/aromatic N) is 3. The van der Waals surface area contributed by atoms with E-state index in [9.17, 15) is 9.59 Å². The van der Waals surface area contributed by atoms with Gasteiger partial charge < -0.3 is 4.98 Å². The molecule has 0 bridgehead atoms. The summed E-state index contributed by atoms with van der Waals surface area (Å²) in [5.74, 6) is 0. The fourth-order valence-electron chi connectivity index (χ4n) is 1.63. The molecular weight excluding hydrogens is 323 g/mol. The Morgan fingerprint density at radius 3 is 2.72 bits per heavy atom. The van der Waals surface area contributed by atoms with Gasteiger partial charge in [-0.05, 0) is 22.9 Å². The van der Waals surface area contributed by atoms with Crippen LogP contribution in [0.5, 0.6) is 0 Å². The summed E-state index contributed by atoms with van der Waals surface area (Å²) in [5.41, 5.74) is 0.375. The SMILES string of the molecule is Cc1nn(C)c(Cn2c(=O)[nH]cc(Br)c2=O)c1Cl. The first kappa shape index (κ1) is 13.1. The molecule has 0 saturated carbocycles. The van der Waals surface area contributed by atoms with Crippen molar-refractivity contribution in [2.75, 3.05) is 0 Å². The number of aromatic nitrogens is 4. The first-order valence-corrected chi connectivity index (χ1v) is 6.25. The van der Waals surface area contributed by atoms with Gasteiger partial charge >= 0.3 is 5.69 Å². The zero-order valence-electron chi connectivity index (χ0n) is 9.70. The first-order chi connectivity index (χ1) is 8.41. The maximum Gasteiger partial charge on any atom is 0.328 e. The Bertz CT molecular complexity index is 716. The summed E-state index contributed by atoms with van der Waals surface area (Å²) in [6, 6.07) is 0. The van der Waals surface area contributed by atoms with Crippen LogP contribution in [0.1, 0.15) is 11.4 Å². The summed E-state index contributed by atoms with van der Waals surface area (Å²) in [5, 5.41) is 4.60. The number of aryl methyl sites for hydroxylation is 2. The second-order valence-corrected chi connectivity index (χ2v) is 5.04. The number of aromatic amines is 1. The Kier molecular flexibility index (Phi) is 3.45. The van der Waals surface area contributed by atoms with Crippen molar-refractivity contribution in [3.05, 3.63) is 47.9 Å². The molecule has 1 N–H and O–H groups in total. The van der Waals surface area contributed by atoms with E-state index in [0.717, 1.165) is 4.57 Å². The fraction of sp³-hybridized carbons (Fsp3) is 0.300. The van der Waals surface area contributed by atoms with Gasteiger partial charge in [0.25, 0.3) is 5.56 Å². The Labute approximate surface area is 115 Å². The predicted octanol–water partition coefficient (Wildman–Crippen LogP) is 1.04. The number of hydrogen-bond donors (Lipinski definition) is 1. The Balaban J connectivity index is 2.57. The minimum absolute atomic E-state index is 0.0732. The molecule has 2 aromatic rings. The van der Waals surface area contributed by atoms with Gasteiger partial charge in [-0.2, -0.15) is 5.10 Å². The predicted molar refractivity (Wildman–Crippen MR) is 71.1 cm³/mol. The Hall–Kier alpha value is -1.34. The Morgan fingerprint density at radius 1 is 1.50 bits per heavy atom. The number of hydrogen-bond acceptors (Lipinski definition) is 3. The van der Waals surface area contributed by atoms with Crippen molar-refractivity contribution in [3.8, 4) is 0 Å². The number of nitrogens with one attached hydrogen (secondary N) is 1. The normalized spacial score (nSPS) is 10.9. The minimum Gasteiger partial charge on any atom is -0.313 e. The molecule has 0 amide bonds. The summed E-state index contributed by atoms with van der Waals surface area (Å²) in [7, 11) is 1.71. The van der Waals surface area contributed by atoms with Crippen LogP contribution in [-0.4, -0.2) is 19.3 Å². The zero-order chi connectivity index (χ0) is 13.4. The van der Waals surface area contributed by atoms with Gasteiger partial charge in [-0.15, -0.1) is 0 Å². The summed E-state index contributed by atoms with van der Waals surface area (Å²) >= 11 is 9.16. The monoisotopic (exact) mass is 332 g/mol. The van der Waals surface area contributed by atoms with Crippen LogP contribution in [0.2, 0.25) is 5.02 Å². The fourth-order valence-corrected chi connectivity index (χ4v) is 2.18. The Morgan fingerprint density at radius 2 is 2.17 bits per heavy atom. The molecule has 0 atom stereocenters. The van der Waals surface area contributed by atoms with Crippen LogP contribution in [0.25, 0.3) is 0 Å². The average molecular weight is 334 g/mol. The van der Waals surface area contributed by atoms with Crippen molar-refractivity contribution in [2.24, 2.45) is 7.05 Å². The van der Waals surface area contributed by atoms with E-state index in [0.29, 0.717) is 16.4 Å². The van der Waals surface area contributed by atoms with Gasteiger partial charge in [0.05, 0.1) is 27.4 Å². The van der Waals surface area contributed by atoms with Gasteiger partial charge in [-0.25, -0.2) is 4.79 Å².